The molecule has 2 N–H and O–H groups in total. The van der Waals surface area contributed by atoms with E-state index in [9.17, 15) is 4.39 Å². The van der Waals surface area contributed by atoms with Gasteiger partial charge in [0.25, 0.3) is 0 Å². The van der Waals surface area contributed by atoms with Gasteiger partial charge in [-0.1, -0.05) is 25.4 Å². The first-order valence-corrected chi connectivity index (χ1v) is 5.42. The van der Waals surface area contributed by atoms with Gasteiger partial charge in [0.1, 0.15) is 11.6 Å². The van der Waals surface area contributed by atoms with Crippen LogP contribution in [0.3, 0.4) is 0 Å². The highest BCUT2D eigenvalue weighted by molar-refractivity contribution is 6.35. The highest BCUT2D eigenvalue weighted by atomic mass is 35.5. The van der Waals surface area contributed by atoms with E-state index in [0.717, 1.165) is 5.56 Å². The summed E-state index contributed by atoms with van der Waals surface area (Å²) in [5, 5.41) is 0.837. The van der Waals surface area contributed by atoms with Crippen LogP contribution in [0.5, 0.6) is 0 Å². The van der Waals surface area contributed by atoms with E-state index in [1.807, 2.05) is 13.8 Å². The molecule has 0 aliphatic heterocycles. The number of nitrogens with two attached hydrogens (primary N) is 1. The molecular formula is C12H12ClFN2. The van der Waals surface area contributed by atoms with Gasteiger partial charge in [-0.3, -0.25) is 0 Å². The van der Waals surface area contributed by atoms with Gasteiger partial charge in [-0.05, 0) is 29.7 Å². The average molecular weight is 239 g/mol. The molecule has 0 bridgehead atoms. The number of nitrogens with zero attached hydrogens (tertiary/aromatic N) is 1. The minimum absolute atomic E-state index is 0.204. The smallest absolute Gasteiger partial charge is 0.132 e. The van der Waals surface area contributed by atoms with Gasteiger partial charge >= 0.3 is 0 Å². The first kappa shape index (κ1) is 11.1. The van der Waals surface area contributed by atoms with Gasteiger partial charge in [-0.15, -0.1) is 0 Å². The molecular weight excluding hydrogens is 227 g/mol. The molecule has 2 rings (SSSR count). The molecule has 2 nitrogen and oxygen atoms in total. The molecule has 1 aromatic heterocycles. The predicted octanol–water partition coefficient (Wildman–Crippen LogP) is 3.73. The third-order valence-corrected chi connectivity index (χ3v) is 2.87. The van der Waals surface area contributed by atoms with Gasteiger partial charge in [0.15, 0.2) is 0 Å². The fourth-order valence-corrected chi connectivity index (χ4v) is 1.89. The maximum absolute atomic E-state index is 13.6. The van der Waals surface area contributed by atoms with Crippen LogP contribution in [-0.4, -0.2) is 4.98 Å². The molecule has 1 heterocycles. The second-order valence-corrected chi connectivity index (χ2v) is 4.45. The number of nitrogen functional groups attached to an aromatic ring is 1. The van der Waals surface area contributed by atoms with Crippen molar-refractivity contribution in [2.45, 2.75) is 19.8 Å². The SMILES string of the molecule is CC(C)c1cc2c(F)ccc(Cl)c2nc1N. The van der Waals surface area contributed by atoms with E-state index in [1.165, 1.54) is 12.1 Å². The Morgan fingerprint density at radius 3 is 2.69 bits per heavy atom. The second-order valence-electron chi connectivity index (χ2n) is 4.04. The van der Waals surface area contributed by atoms with E-state index < -0.39 is 0 Å². The fraction of sp³-hybridized carbons (Fsp3) is 0.250. The summed E-state index contributed by atoms with van der Waals surface area (Å²) in [4.78, 5) is 4.16. The van der Waals surface area contributed by atoms with Gasteiger partial charge < -0.3 is 5.73 Å². The van der Waals surface area contributed by atoms with Crippen molar-refractivity contribution in [3.63, 3.8) is 0 Å². The molecule has 1 aromatic carbocycles. The highest BCUT2D eigenvalue weighted by Gasteiger charge is 2.12. The Kier molecular flexibility index (Phi) is 2.72. The van der Waals surface area contributed by atoms with Crippen LogP contribution in [0.1, 0.15) is 25.3 Å². The molecule has 0 saturated carbocycles. The van der Waals surface area contributed by atoms with Crippen LogP contribution < -0.4 is 5.73 Å². The van der Waals surface area contributed by atoms with Crippen molar-refractivity contribution in [1.82, 2.24) is 4.98 Å². The summed E-state index contributed by atoms with van der Waals surface area (Å²) in [5.74, 6) is 0.291. The zero-order valence-corrected chi connectivity index (χ0v) is 9.85. The maximum Gasteiger partial charge on any atom is 0.132 e. The molecule has 2 aromatic rings. The Morgan fingerprint density at radius 1 is 1.38 bits per heavy atom. The molecule has 0 saturated heterocycles. The molecule has 0 spiro atoms. The minimum Gasteiger partial charge on any atom is -0.383 e. The third-order valence-electron chi connectivity index (χ3n) is 2.56. The monoisotopic (exact) mass is 238 g/mol. The zero-order valence-electron chi connectivity index (χ0n) is 9.09. The standard InChI is InChI=1S/C12H12ClFN2/c1-6(2)7-5-8-10(14)4-3-9(13)11(8)16-12(7)15/h3-6H,1-2H3,(H2,15,16). The molecule has 0 fully saturated rings. The number of aromatic nitrogens is 1. The van der Waals surface area contributed by atoms with Crippen LogP contribution in [0.4, 0.5) is 10.2 Å². The molecule has 4 heteroatoms. The largest absolute Gasteiger partial charge is 0.383 e. The van der Waals surface area contributed by atoms with Crippen LogP contribution >= 0.6 is 11.6 Å². The summed E-state index contributed by atoms with van der Waals surface area (Å²) >= 11 is 5.95. The highest BCUT2D eigenvalue weighted by Crippen LogP contribution is 2.30. The average Bonchev–Trinajstić information content (AvgIpc) is 2.23. The Morgan fingerprint density at radius 2 is 2.06 bits per heavy atom. The number of hydrogen-bond acceptors (Lipinski definition) is 2. The lowest BCUT2D eigenvalue weighted by molar-refractivity contribution is 0.639. The lowest BCUT2D eigenvalue weighted by Crippen LogP contribution is -2.01. The second kappa shape index (κ2) is 3.91. The van der Waals surface area contributed by atoms with E-state index in [1.54, 1.807) is 6.07 Å². The van der Waals surface area contributed by atoms with E-state index in [0.29, 0.717) is 21.7 Å². The molecule has 0 aliphatic carbocycles. The molecule has 0 atom stereocenters. The number of fused-ring (bicyclic) bond motifs is 1. The first-order valence-electron chi connectivity index (χ1n) is 5.05. The Labute approximate surface area is 98.2 Å². The Hall–Kier alpha value is -1.35. The van der Waals surface area contributed by atoms with Gasteiger partial charge in [-0.25, -0.2) is 9.37 Å². The summed E-state index contributed by atoms with van der Waals surface area (Å²) < 4.78 is 13.6. The van der Waals surface area contributed by atoms with Crippen LogP contribution in [0.15, 0.2) is 18.2 Å². The van der Waals surface area contributed by atoms with Crippen molar-refractivity contribution in [3.05, 3.63) is 34.6 Å². The van der Waals surface area contributed by atoms with Crippen LogP contribution in [-0.2, 0) is 0 Å². The summed E-state index contributed by atoms with van der Waals surface area (Å²) in [6.07, 6.45) is 0. The number of anilines is 1. The maximum atomic E-state index is 13.6. The Balaban J connectivity index is 2.84. The van der Waals surface area contributed by atoms with Gasteiger partial charge in [0.2, 0.25) is 0 Å². The van der Waals surface area contributed by atoms with Crippen LogP contribution in [0.25, 0.3) is 10.9 Å². The lowest BCUT2D eigenvalue weighted by Gasteiger charge is -2.11. The normalized spacial score (nSPS) is 11.3. The van der Waals surface area contributed by atoms with Crippen molar-refractivity contribution >= 4 is 28.3 Å². The minimum atomic E-state index is -0.325. The van der Waals surface area contributed by atoms with Crippen LogP contribution in [0.2, 0.25) is 5.02 Å². The zero-order chi connectivity index (χ0) is 11.9. The summed E-state index contributed by atoms with van der Waals surface area (Å²) in [7, 11) is 0. The Bertz CT molecular complexity index is 552. The molecule has 84 valence electrons. The van der Waals surface area contributed by atoms with Crippen molar-refractivity contribution in [3.8, 4) is 0 Å². The van der Waals surface area contributed by atoms with Gasteiger partial charge in [0.05, 0.1) is 10.5 Å². The lowest BCUT2D eigenvalue weighted by atomic mass is 10.0. The van der Waals surface area contributed by atoms with E-state index >= 15 is 0 Å². The van der Waals surface area contributed by atoms with E-state index in [-0.39, 0.29) is 11.7 Å². The summed E-state index contributed by atoms with van der Waals surface area (Å²) in [5.41, 5.74) is 7.08. The number of rotatable bonds is 1. The van der Waals surface area contributed by atoms with Crippen molar-refractivity contribution < 1.29 is 4.39 Å². The fourth-order valence-electron chi connectivity index (χ4n) is 1.68. The number of halogens is 2. The van der Waals surface area contributed by atoms with Gasteiger partial charge in [0, 0.05) is 5.39 Å². The van der Waals surface area contributed by atoms with Crippen molar-refractivity contribution in [2.75, 3.05) is 5.73 Å². The quantitative estimate of drug-likeness (QED) is 0.822. The van der Waals surface area contributed by atoms with E-state index in [4.69, 9.17) is 17.3 Å². The third kappa shape index (κ3) is 1.71. The molecule has 0 radical (unpaired) electrons. The predicted molar refractivity (Wildman–Crippen MR) is 65.2 cm³/mol. The van der Waals surface area contributed by atoms with Crippen molar-refractivity contribution in [1.29, 1.82) is 0 Å². The molecule has 0 aliphatic rings. The summed E-state index contributed by atoms with van der Waals surface area (Å²) in [6.45, 7) is 3.98. The number of benzene rings is 1. The molecule has 0 unspecified atom stereocenters. The first-order chi connectivity index (χ1) is 7.50. The molecule has 0 amide bonds. The van der Waals surface area contributed by atoms with Crippen LogP contribution in [0, 0.1) is 5.82 Å². The molecule has 16 heavy (non-hydrogen) atoms. The van der Waals surface area contributed by atoms with Crippen molar-refractivity contribution in [2.24, 2.45) is 0 Å². The topological polar surface area (TPSA) is 38.9 Å². The number of pyridine rings is 1. The summed E-state index contributed by atoms with van der Waals surface area (Å²) in [6, 6.07) is 4.55. The van der Waals surface area contributed by atoms with Gasteiger partial charge in [-0.2, -0.15) is 0 Å². The van der Waals surface area contributed by atoms with E-state index in [2.05, 4.69) is 4.98 Å². The number of hydrogen-bond donors (Lipinski definition) is 1.